The third-order valence-electron chi connectivity index (χ3n) is 3.31. The smallest absolute Gasteiger partial charge is 0.184 e. The monoisotopic (exact) mass is 264 g/mol. The van der Waals surface area contributed by atoms with E-state index in [1.165, 1.54) is 6.26 Å². The highest BCUT2D eigenvalue weighted by Gasteiger charge is 2.39. The van der Waals surface area contributed by atoms with Crippen LogP contribution in [0.15, 0.2) is 36.6 Å². The Morgan fingerprint density at radius 1 is 1.26 bits per heavy atom. The summed E-state index contributed by atoms with van der Waals surface area (Å²) in [4.78, 5) is 0. The Labute approximate surface area is 111 Å². The summed E-state index contributed by atoms with van der Waals surface area (Å²) in [6, 6.07) is 7.47. The molecule has 0 radical (unpaired) electrons. The van der Waals surface area contributed by atoms with Gasteiger partial charge in [0.05, 0.1) is 20.0 Å². The molecule has 1 N–H and O–H groups in total. The molecule has 102 valence electrons. The molecule has 2 aliphatic heterocycles. The molecule has 19 heavy (non-hydrogen) atoms. The summed E-state index contributed by atoms with van der Waals surface area (Å²) in [5.41, 5.74) is 0.890. The molecule has 0 aromatic heterocycles. The van der Waals surface area contributed by atoms with Crippen LogP contribution in [0.5, 0.6) is 5.75 Å². The highest BCUT2D eigenvalue weighted by atomic mass is 16.7. The molecule has 4 atom stereocenters. The van der Waals surface area contributed by atoms with Crippen molar-refractivity contribution in [2.45, 2.75) is 24.6 Å². The molecule has 5 nitrogen and oxygen atoms in total. The molecular formula is C14H16O5. The molecule has 3 rings (SSSR count). The molecule has 5 heteroatoms. The van der Waals surface area contributed by atoms with Crippen LogP contribution in [0.2, 0.25) is 0 Å². The van der Waals surface area contributed by atoms with Crippen LogP contribution in [-0.2, 0) is 14.2 Å². The normalized spacial score (nSPS) is 33.4. The van der Waals surface area contributed by atoms with Crippen molar-refractivity contribution in [2.24, 2.45) is 0 Å². The lowest BCUT2D eigenvalue weighted by atomic mass is 10.0. The van der Waals surface area contributed by atoms with E-state index < -0.39 is 18.5 Å². The van der Waals surface area contributed by atoms with Crippen LogP contribution in [0.3, 0.4) is 0 Å². The minimum atomic E-state index is -0.664. The van der Waals surface area contributed by atoms with Gasteiger partial charge in [-0.3, -0.25) is 0 Å². The van der Waals surface area contributed by atoms with Gasteiger partial charge in [0.15, 0.2) is 12.4 Å². The van der Waals surface area contributed by atoms with E-state index >= 15 is 0 Å². The summed E-state index contributed by atoms with van der Waals surface area (Å²) < 4.78 is 21.9. The molecule has 1 unspecified atom stereocenters. The highest BCUT2D eigenvalue weighted by molar-refractivity contribution is 5.28. The average Bonchev–Trinajstić information content (AvgIpc) is 2.47. The second kappa shape index (κ2) is 5.21. The van der Waals surface area contributed by atoms with Gasteiger partial charge in [0, 0.05) is 5.56 Å². The van der Waals surface area contributed by atoms with E-state index in [2.05, 4.69) is 0 Å². The summed E-state index contributed by atoms with van der Waals surface area (Å²) in [6.45, 7) is 0.392. The van der Waals surface area contributed by atoms with Gasteiger partial charge in [0.2, 0.25) is 0 Å². The molecule has 1 saturated heterocycles. The standard InChI is InChI=1S/C14H16O5/c1-16-10-4-2-9(3-5-10)14-18-8-12-13(19-14)11(15)6-7-17-12/h2-7,11-15H,8H2,1H3/t11-,12-,13+,14?/m1/s1. The van der Waals surface area contributed by atoms with Gasteiger partial charge < -0.3 is 24.1 Å². The molecule has 2 heterocycles. The number of methoxy groups -OCH3 is 1. The number of aliphatic hydroxyl groups excluding tert-OH is 1. The summed E-state index contributed by atoms with van der Waals surface area (Å²) in [7, 11) is 1.62. The molecule has 1 aromatic carbocycles. The molecule has 2 aliphatic rings. The van der Waals surface area contributed by atoms with E-state index in [4.69, 9.17) is 18.9 Å². The predicted molar refractivity (Wildman–Crippen MR) is 66.6 cm³/mol. The number of hydrogen-bond donors (Lipinski definition) is 1. The topological polar surface area (TPSA) is 57.2 Å². The first-order valence-electron chi connectivity index (χ1n) is 6.19. The van der Waals surface area contributed by atoms with Gasteiger partial charge in [0.1, 0.15) is 18.0 Å². The lowest BCUT2D eigenvalue weighted by molar-refractivity contribution is -0.276. The SMILES string of the molecule is COc1ccc(C2OC[C@H]3OC=C[C@@H](O)[C@@H]3O2)cc1. The van der Waals surface area contributed by atoms with Gasteiger partial charge in [0.25, 0.3) is 0 Å². The van der Waals surface area contributed by atoms with Crippen LogP contribution in [0.25, 0.3) is 0 Å². The Kier molecular flexibility index (Phi) is 3.42. The van der Waals surface area contributed by atoms with E-state index in [1.807, 2.05) is 24.3 Å². The minimum absolute atomic E-state index is 0.255. The van der Waals surface area contributed by atoms with Crippen molar-refractivity contribution in [3.63, 3.8) is 0 Å². The first-order chi connectivity index (χ1) is 9.28. The number of aliphatic hydroxyl groups is 1. The first kappa shape index (κ1) is 12.5. The number of fused-ring (bicyclic) bond motifs is 1. The second-order valence-corrected chi connectivity index (χ2v) is 4.53. The zero-order valence-electron chi connectivity index (χ0n) is 10.6. The quantitative estimate of drug-likeness (QED) is 0.874. The molecular weight excluding hydrogens is 248 g/mol. The molecule has 0 aliphatic carbocycles. The van der Waals surface area contributed by atoms with Crippen LogP contribution in [0.4, 0.5) is 0 Å². The van der Waals surface area contributed by atoms with Gasteiger partial charge in [-0.05, 0) is 18.2 Å². The number of ether oxygens (including phenoxy) is 4. The Bertz CT molecular complexity index is 455. The molecule has 0 amide bonds. The summed E-state index contributed by atoms with van der Waals surface area (Å²) >= 11 is 0. The first-order valence-corrected chi connectivity index (χ1v) is 6.19. The van der Waals surface area contributed by atoms with Crippen LogP contribution in [-0.4, -0.2) is 37.1 Å². The lowest BCUT2D eigenvalue weighted by Crippen LogP contribution is -2.49. The molecule has 0 spiro atoms. The van der Waals surface area contributed by atoms with Crippen LogP contribution in [0.1, 0.15) is 11.9 Å². The molecule has 1 aromatic rings. The summed E-state index contributed by atoms with van der Waals surface area (Å²) in [5.74, 6) is 0.779. The molecule has 0 bridgehead atoms. The zero-order valence-corrected chi connectivity index (χ0v) is 10.6. The van der Waals surface area contributed by atoms with E-state index in [9.17, 15) is 5.11 Å². The van der Waals surface area contributed by atoms with E-state index in [0.29, 0.717) is 6.61 Å². The van der Waals surface area contributed by atoms with Crippen molar-refractivity contribution < 1.29 is 24.1 Å². The second-order valence-electron chi connectivity index (χ2n) is 4.53. The average molecular weight is 264 g/mol. The number of rotatable bonds is 2. The van der Waals surface area contributed by atoms with Crippen molar-refractivity contribution in [1.29, 1.82) is 0 Å². The van der Waals surface area contributed by atoms with Gasteiger partial charge in [-0.25, -0.2) is 0 Å². The molecule has 0 saturated carbocycles. The zero-order chi connectivity index (χ0) is 13.2. The van der Waals surface area contributed by atoms with Crippen molar-refractivity contribution in [3.05, 3.63) is 42.2 Å². The predicted octanol–water partition coefficient (Wildman–Crippen LogP) is 1.38. The highest BCUT2D eigenvalue weighted by Crippen LogP contribution is 2.31. The fourth-order valence-electron chi connectivity index (χ4n) is 2.24. The van der Waals surface area contributed by atoms with Crippen molar-refractivity contribution in [1.82, 2.24) is 0 Å². The Morgan fingerprint density at radius 2 is 2.05 bits per heavy atom. The van der Waals surface area contributed by atoms with Gasteiger partial charge in [-0.1, -0.05) is 12.1 Å². The summed E-state index contributed by atoms with van der Waals surface area (Å²) in [6.07, 6.45) is 1.27. The maximum atomic E-state index is 9.88. The molecule has 1 fully saturated rings. The van der Waals surface area contributed by atoms with E-state index in [1.54, 1.807) is 13.2 Å². The fourth-order valence-corrected chi connectivity index (χ4v) is 2.24. The summed E-state index contributed by atoms with van der Waals surface area (Å²) in [5, 5.41) is 9.88. The number of hydrogen-bond acceptors (Lipinski definition) is 5. The fraction of sp³-hybridized carbons (Fsp3) is 0.429. The van der Waals surface area contributed by atoms with Gasteiger partial charge in [-0.2, -0.15) is 0 Å². The van der Waals surface area contributed by atoms with Crippen LogP contribution < -0.4 is 4.74 Å². The van der Waals surface area contributed by atoms with Crippen molar-refractivity contribution >= 4 is 0 Å². The Balaban J connectivity index is 1.74. The third kappa shape index (κ3) is 2.45. The van der Waals surface area contributed by atoms with Crippen molar-refractivity contribution in [2.75, 3.05) is 13.7 Å². The van der Waals surface area contributed by atoms with Crippen LogP contribution >= 0.6 is 0 Å². The Hall–Kier alpha value is -1.56. The Morgan fingerprint density at radius 3 is 2.79 bits per heavy atom. The van der Waals surface area contributed by atoms with E-state index in [0.717, 1.165) is 11.3 Å². The minimum Gasteiger partial charge on any atom is -0.497 e. The van der Waals surface area contributed by atoms with Crippen LogP contribution in [0, 0.1) is 0 Å². The third-order valence-corrected chi connectivity index (χ3v) is 3.31. The largest absolute Gasteiger partial charge is 0.497 e. The van der Waals surface area contributed by atoms with Crippen molar-refractivity contribution in [3.8, 4) is 5.75 Å². The lowest BCUT2D eigenvalue weighted by Gasteiger charge is -2.39. The van der Waals surface area contributed by atoms with Gasteiger partial charge in [-0.15, -0.1) is 0 Å². The van der Waals surface area contributed by atoms with Gasteiger partial charge >= 0.3 is 0 Å². The number of benzene rings is 1. The maximum absolute atomic E-state index is 9.88. The maximum Gasteiger partial charge on any atom is 0.184 e. The van der Waals surface area contributed by atoms with E-state index in [-0.39, 0.29) is 6.10 Å².